The lowest BCUT2D eigenvalue weighted by atomic mass is 9.82. The number of carbonyl (C=O) groups excluding carboxylic acids is 1. The van der Waals surface area contributed by atoms with Gasteiger partial charge in [-0.15, -0.1) is 0 Å². The van der Waals surface area contributed by atoms with E-state index in [9.17, 15) is 4.79 Å². The van der Waals surface area contributed by atoms with Gasteiger partial charge >= 0.3 is 0 Å². The van der Waals surface area contributed by atoms with Crippen LogP contribution < -0.4 is 11.1 Å². The first-order valence-corrected chi connectivity index (χ1v) is 6.69. The third-order valence-electron chi connectivity index (χ3n) is 3.61. The van der Waals surface area contributed by atoms with Crippen molar-refractivity contribution in [2.24, 2.45) is 5.73 Å². The number of nitrogens with two attached hydrogens (primary N) is 1. The summed E-state index contributed by atoms with van der Waals surface area (Å²) in [6.07, 6.45) is 1.55. The van der Waals surface area contributed by atoms with Crippen LogP contribution >= 0.6 is 0 Å². The Morgan fingerprint density at radius 3 is 2.37 bits per heavy atom. The van der Waals surface area contributed by atoms with Crippen molar-refractivity contribution in [3.05, 3.63) is 35.9 Å². The largest absolute Gasteiger partial charge is 0.381 e. The first kappa shape index (κ1) is 14.0. The lowest BCUT2D eigenvalue weighted by Gasteiger charge is -2.40. The van der Waals surface area contributed by atoms with Crippen molar-refractivity contribution >= 4 is 5.91 Å². The maximum absolute atomic E-state index is 12.2. The number of rotatable bonds is 3. The first-order chi connectivity index (χ1) is 8.94. The minimum atomic E-state index is -0.875. The van der Waals surface area contributed by atoms with Gasteiger partial charge in [0.05, 0.1) is 11.1 Å². The average Bonchev–Trinajstić information content (AvgIpc) is 2.40. The van der Waals surface area contributed by atoms with E-state index < -0.39 is 5.54 Å². The van der Waals surface area contributed by atoms with E-state index >= 15 is 0 Å². The normalized spacial score (nSPS) is 18.9. The summed E-state index contributed by atoms with van der Waals surface area (Å²) >= 11 is 0. The van der Waals surface area contributed by atoms with Crippen LogP contribution in [-0.4, -0.2) is 24.7 Å². The number of carbonyl (C=O) groups is 1. The summed E-state index contributed by atoms with van der Waals surface area (Å²) < 4.78 is 5.43. The van der Waals surface area contributed by atoms with E-state index in [1.807, 2.05) is 18.2 Å². The lowest BCUT2D eigenvalue weighted by Crippen LogP contribution is -2.57. The monoisotopic (exact) mass is 262 g/mol. The highest BCUT2D eigenvalue weighted by molar-refractivity contribution is 5.85. The summed E-state index contributed by atoms with van der Waals surface area (Å²) in [6, 6.07) is 10.1. The molecule has 0 saturated carbocycles. The van der Waals surface area contributed by atoms with E-state index in [4.69, 9.17) is 10.5 Å². The second kappa shape index (κ2) is 5.31. The van der Waals surface area contributed by atoms with Gasteiger partial charge in [0.15, 0.2) is 0 Å². The van der Waals surface area contributed by atoms with E-state index in [2.05, 4.69) is 17.4 Å². The standard InChI is InChI=1S/C15H22N2O2/c1-14(2,16)13(18)17-15(8-10-19-11-9-15)12-6-4-3-5-7-12/h3-7H,8-11,16H2,1-2H3,(H,17,18). The molecule has 0 unspecified atom stereocenters. The first-order valence-electron chi connectivity index (χ1n) is 6.69. The summed E-state index contributed by atoms with van der Waals surface area (Å²) in [4.78, 5) is 12.2. The Labute approximate surface area is 114 Å². The van der Waals surface area contributed by atoms with Crippen LogP contribution in [0.4, 0.5) is 0 Å². The van der Waals surface area contributed by atoms with Crippen LogP contribution in [0.15, 0.2) is 30.3 Å². The second-order valence-corrected chi connectivity index (χ2v) is 5.74. The molecule has 2 rings (SSSR count). The average molecular weight is 262 g/mol. The molecule has 0 aliphatic carbocycles. The Balaban J connectivity index is 2.28. The number of hydrogen-bond donors (Lipinski definition) is 2. The molecular weight excluding hydrogens is 240 g/mol. The van der Waals surface area contributed by atoms with Gasteiger partial charge in [-0.25, -0.2) is 0 Å². The van der Waals surface area contributed by atoms with Gasteiger partial charge in [-0.2, -0.15) is 0 Å². The molecule has 1 aromatic rings. The number of benzene rings is 1. The van der Waals surface area contributed by atoms with Crippen LogP contribution in [0.1, 0.15) is 32.3 Å². The van der Waals surface area contributed by atoms with Crippen LogP contribution in [0.2, 0.25) is 0 Å². The van der Waals surface area contributed by atoms with Crippen molar-refractivity contribution in [3.8, 4) is 0 Å². The molecule has 1 heterocycles. The highest BCUT2D eigenvalue weighted by Crippen LogP contribution is 2.32. The van der Waals surface area contributed by atoms with E-state index in [1.165, 1.54) is 0 Å². The fourth-order valence-electron chi connectivity index (χ4n) is 2.34. The van der Waals surface area contributed by atoms with Gasteiger partial charge in [0.2, 0.25) is 5.91 Å². The quantitative estimate of drug-likeness (QED) is 0.868. The zero-order valence-electron chi connectivity index (χ0n) is 11.6. The minimum Gasteiger partial charge on any atom is -0.381 e. The minimum absolute atomic E-state index is 0.127. The molecule has 4 nitrogen and oxygen atoms in total. The molecule has 0 spiro atoms. The zero-order valence-corrected chi connectivity index (χ0v) is 11.6. The van der Waals surface area contributed by atoms with Crippen LogP contribution in [0, 0.1) is 0 Å². The molecule has 0 radical (unpaired) electrons. The Morgan fingerprint density at radius 1 is 1.26 bits per heavy atom. The van der Waals surface area contributed by atoms with Gasteiger partial charge in [0.25, 0.3) is 0 Å². The Hall–Kier alpha value is -1.39. The SMILES string of the molecule is CC(C)(N)C(=O)NC1(c2ccccc2)CCOCC1. The maximum atomic E-state index is 12.2. The number of amides is 1. The summed E-state index contributed by atoms with van der Waals surface area (Å²) in [5.74, 6) is -0.127. The molecule has 4 heteroatoms. The van der Waals surface area contributed by atoms with Crippen molar-refractivity contribution in [2.75, 3.05) is 13.2 Å². The summed E-state index contributed by atoms with van der Waals surface area (Å²) in [5, 5.41) is 3.14. The molecule has 0 atom stereocenters. The highest BCUT2D eigenvalue weighted by Gasteiger charge is 2.38. The lowest BCUT2D eigenvalue weighted by molar-refractivity contribution is -0.128. The molecule has 0 aromatic heterocycles. The van der Waals surface area contributed by atoms with E-state index in [1.54, 1.807) is 13.8 Å². The zero-order chi connectivity index (χ0) is 13.9. The van der Waals surface area contributed by atoms with E-state index in [0.29, 0.717) is 13.2 Å². The van der Waals surface area contributed by atoms with E-state index in [-0.39, 0.29) is 11.4 Å². The third kappa shape index (κ3) is 3.14. The molecular formula is C15H22N2O2. The van der Waals surface area contributed by atoms with Crippen LogP contribution in [0.25, 0.3) is 0 Å². The Bertz CT molecular complexity index is 431. The number of hydrogen-bond acceptors (Lipinski definition) is 3. The summed E-state index contributed by atoms with van der Waals surface area (Å²) in [6.45, 7) is 4.75. The fourth-order valence-corrected chi connectivity index (χ4v) is 2.34. The van der Waals surface area contributed by atoms with Crippen LogP contribution in [-0.2, 0) is 15.1 Å². The van der Waals surface area contributed by atoms with Crippen molar-refractivity contribution < 1.29 is 9.53 Å². The van der Waals surface area contributed by atoms with Gasteiger partial charge in [-0.3, -0.25) is 4.79 Å². The van der Waals surface area contributed by atoms with Gasteiger partial charge in [-0.1, -0.05) is 30.3 Å². The van der Waals surface area contributed by atoms with Crippen molar-refractivity contribution in [1.29, 1.82) is 0 Å². The molecule has 0 bridgehead atoms. The Morgan fingerprint density at radius 2 is 1.84 bits per heavy atom. The predicted octanol–water partition coefficient (Wildman–Crippen LogP) is 1.55. The smallest absolute Gasteiger partial charge is 0.240 e. The highest BCUT2D eigenvalue weighted by atomic mass is 16.5. The van der Waals surface area contributed by atoms with Gasteiger partial charge < -0.3 is 15.8 Å². The molecule has 1 aliphatic rings. The van der Waals surface area contributed by atoms with Crippen molar-refractivity contribution in [1.82, 2.24) is 5.32 Å². The molecule has 19 heavy (non-hydrogen) atoms. The van der Waals surface area contributed by atoms with E-state index in [0.717, 1.165) is 18.4 Å². The topological polar surface area (TPSA) is 64.4 Å². The summed E-state index contributed by atoms with van der Waals surface area (Å²) in [7, 11) is 0. The van der Waals surface area contributed by atoms with Crippen molar-refractivity contribution in [3.63, 3.8) is 0 Å². The van der Waals surface area contributed by atoms with Gasteiger partial charge in [-0.05, 0) is 32.3 Å². The molecule has 1 amide bonds. The molecule has 1 aliphatic heterocycles. The summed E-state index contributed by atoms with van der Waals surface area (Å²) in [5.41, 5.74) is 5.78. The van der Waals surface area contributed by atoms with Crippen LogP contribution in [0.3, 0.4) is 0 Å². The fraction of sp³-hybridized carbons (Fsp3) is 0.533. The molecule has 3 N–H and O–H groups in total. The number of ether oxygens (including phenoxy) is 1. The second-order valence-electron chi connectivity index (χ2n) is 5.74. The molecule has 1 saturated heterocycles. The van der Waals surface area contributed by atoms with Gasteiger partial charge in [0.1, 0.15) is 0 Å². The molecule has 1 aromatic carbocycles. The molecule has 1 fully saturated rings. The van der Waals surface area contributed by atoms with Crippen LogP contribution in [0.5, 0.6) is 0 Å². The number of nitrogens with one attached hydrogen (secondary N) is 1. The van der Waals surface area contributed by atoms with Crippen molar-refractivity contribution in [2.45, 2.75) is 37.8 Å². The Kier molecular flexibility index (Phi) is 3.92. The third-order valence-corrected chi connectivity index (χ3v) is 3.61. The maximum Gasteiger partial charge on any atom is 0.240 e. The predicted molar refractivity (Wildman–Crippen MR) is 74.6 cm³/mol. The molecule has 104 valence electrons. The van der Waals surface area contributed by atoms with Gasteiger partial charge in [0, 0.05) is 13.2 Å².